The third kappa shape index (κ3) is 5.59. The summed E-state index contributed by atoms with van der Waals surface area (Å²) in [4.78, 5) is 0.418. The molecule has 1 aromatic carbocycles. The van der Waals surface area contributed by atoms with Crippen molar-refractivity contribution < 1.29 is 17.9 Å². The van der Waals surface area contributed by atoms with Gasteiger partial charge in [0.2, 0.25) is 0 Å². The predicted octanol–water partition coefficient (Wildman–Crippen LogP) is 3.95. The van der Waals surface area contributed by atoms with Gasteiger partial charge >= 0.3 is 0 Å². The Kier molecular flexibility index (Phi) is 7.06. The minimum atomic E-state index is -3.15. The molecule has 0 amide bonds. The first-order valence-corrected chi connectivity index (χ1v) is 10.3. The number of benzene rings is 1. The molecule has 1 aliphatic rings. The van der Waals surface area contributed by atoms with Gasteiger partial charge in [-0.15, -0.1) is 0 Å². The molecule has 0 N–H and O–H groups in total. The average molecular weight is 340 g/mol. The maximum atomic E-state index is 12.2. The minimum absolute atomic E-state index is 0.209. The Bertz CT molecular complexity index is 548. The van der Waals surface area contributed by atoms with Crippen molar-refractivity contribution in [3.05, 3.63) is 30.3 Å². The highest BCUT2D eigenvalue weighted by atomic mass is 32.2. The van der Waals surface area contributed by atoms with E-state index in [4.69, 9.17) is 9.47 Å². The van der Waals surface area contributed by atoms with E-state index in [1.807, 2.05) is 6.07 Å². The summed E-state index contributed by atoms with van der Waals surface area (Å²) in [5, 5.41) is 0. The van der Waals surface area contributed by atoms with Crippen LogP contribution in [0.25, 0.3) is 0 Å². The number of hydrogen-bond acceptors (Lipinski definition) is 4. The Morgan fingerprint density at radius 2 is 1.61 bits per heavy atom. The van der Waals surface area contributed by atoms with Gasteiger partial charge in [0, 0.05) is 12.8 Å². The summed E-state index contributed by atoms with van der Waals surface area (Å²) in [6.45, 7) is 3.51. The second-order valence-electron chi connectivity index (χ2n) is 6.15. The van der Waals surface area contributed by atoms with Gasteiger partial charge < -0.3 is 9.47 Å². The van der Waals surface area contributed by atoms with Crippen LogP contribution in [0.15, 0.2) is 35.2 Å². The summed E-state index contributed by atoms with van der Waals surface area (Å²) >= 11 is 0. The molecule has 0 saturated carbocycles. The number of unbranched alkanes of at least 4 members (excludes halogenated alkanes) is 3. The zero-order valence-electron chi connectivity index (χ0n) is 14.0. The van der Waals surface area contributed by atoms with Crippen LogP contribution in [0.2, 0.25) is 0 Å². The Hall–Kier alpha value is -0.910. The summed E-state index contributed by atoms with van der Waals surface area (Å²) in [7, 11) is -3.15. The fourth-order valence-corrected chi connectivity index (χ4v) is 4.36. The highest BCUT2D eigenvalue weighted by molar-refractivity contribution is 7.91. The molecular formula is C18H28O4S. The fraction of sp³-hybridized carbons (Fsp3) is 0.667. The smallest absolute Gasteiger partial charge is 0.178 e. The molecule has 130 valence electrons. The fourth-order valence-electron chi connectivity index (χ4n) is 2.97. The monoisotopic (exact) mass is 340 g/mol. The van der Waals surface area contributed by atoms with Crippen LogP contribution in [0.3, 0.4) is 0 Å². The van der Waals surface area contributed by atoms with E-state index in [1.165, 1.54) is 0 Å². The van der Waals surface area contributed by atoms with Crippen molar-refractivity contribution in [2.45, 2.75) is 62.6 Å². The lowest BCUT2D eigenvalue weighted by Gasteiger charge is -2.27. The third-order valence-corrected chi connectivity index (χ3v) is 6.11. The number of sulfone groups is 1. The molecule has 0 spiro atoms. The van der Waals surface area contributed by atoms with Crippen LogP contribution >= 0.6 is 0 Å². The van der Waals surface area contributed by atoms with Gasteiger partial charge in [-0.25, -0.2) is 8.42 Å². The second-order valence-corrected chi connectivity index (χ2v) is 8.26. The molecule has 0 bridgehead atoms. The molecule has 1 heterocycles. The van der Waals surface area contributed by atoms with Crippen LogP contribution in [-0.2, 0) is 19.3 Å². The standard InChI is InChI=1S/C18H28O4S/c1-2-3-12-18(21-14-15-22-18)13-8-5-9-16-23(19,20)17-10-6-4-7-11-17/h4,6-7,10-11H,2-3,5,8-9,12-16H2,1H3. The van der Waals surface area contributed by atoms with Crippen molar-refractivity contribution in [2.75, 3.05) is 19.0 Å². The van der Waals surface area contributed by atoms with E-state index in [1.54, 1.807) is 24.3 Å². The van der Waals surface area contributed by atoms with Gasteiger partial charge in [-0.05, 0) is 31.4 Å². The summed E-state index contributed by atoms with van der Waals surface area (Å²) in [6, 6.07) is 8.68. The van der Waals surface area contributed by atoms with E-state index in [9.17, 15) is 8.42 Å². The molecule has 0 aliphatic carbocycles. The van der Waals surface area contributed by atoms with Crippen LogP contribution < -0.4 is 0 Å². The molecule has 1 saturated heterocycles. The summed E-state index contributed by atoms with van der Waals surface area (Å²) in [5.74, 6) is -0.199. The lowest BCUT2D eigenvalue weighted by Crippen LogP contribution is -2.30. The number of ether oxygens (including phenoxy) is 2. The Balaban J connectivity index is 1.73. The predicted molar refractivity (Wildman–Crippen MR) is 91.1 cm³/mol. The number of hydrogen-bond donors (Lipinski definition) is 0. The lowest BCUT2D eigenvalue weighted by molar-refractivity contribution is -0.168. The molecule has 23 heavy (non-hydrogen) atoms. The van der Waals surface area contributed by atoms with Crippen molar-refractivity contribution in [1.82, 2.24) is 0 Å². The molecule has 0 unspecified atom stereocenters. The van der Waals surface area contributed by atoms with Crippen LogP contribution in [0.4, 0.5) is 0 Å². The molecule has 5 heteroatoms. The van der Waals surface area contributed by atoms with Gasteiger partial charge in [0.05, 0.1) is 23.9 Å². The van der Waals surface area contributed by atoms with E-state index in [-0.39, 0.29) is 5.75 Å². The quantitative estimate of drug-likeness (QED) is 0.605. The van der Waals surface area contributed by atoms with Gasteiger partial charge in [-0.3, -0.25) is 0 Å². The third-order valence-electron chi connectivity index (χ3n) is 4.30. The van der Waals surface area contributed by atoms with Crippen LogP contribution in [-0.4, -0.2) is 33.2 Å². The highest BCUT2D eigenvalue weighted by Crippen LogP contribution is 2.31. The molecule has 0 radical (unpaired) electrons. The first-order chi connectivity index (χ1) is 11.1. The van der Waals surface area contributed by atoms with Gasteiger partial charge in [0.15, 0.2) is 15.6 Å². The number of rotatable bonds is 10. The highest BCUT2D eigenvalue weighted by Gasteiger charge is 2.34. The minimum Gasteiger partial charge on any atom is -0.348 e. The zero-order valence-corrected chi connectivity index (χ0v) is 14.8. The molecule has 1 aromatic rings. The first-order valence-electron chi connectivity index (χ1n) is 8.64. The molecule has 4 nitrogen and oxygen atoms in total. The lowest BCUT2D eigenvalue weighted by atomic mass is 10.0. The molecule has 0 aromatic heterocycles. The van der Waals surface area contributed by atoms with E-state index in [0.717, 1.165) is 38.5 Å². The van der Waals surface area contributed by atoms with Crippen LogP contribution in [0.1, 0.15) is 51.9 Å². The summed E-state index contributed by atoms with van der Waals surface area (Å²) in [6.07, 6.45) is 6.53. The maximum Gasteiger partial charge on any atom is 0.178 e. The van der Waals surface area contributed by atoms with E-state index >= 15 is 0 Å². The average Bonchev–Trinajstić information content (AvgIpc) is 3.02. The van der Waals surface area contributed by atoms with E-state index < -0.39 is 15.6 Å². The Morgan fingerprint density at radius 1 is 0.957 bits per heavy atom. The summed E-state index contributed by atoms with van der Waals surface area (Å²) < 4.78 is 36.1. The zero-order chi connectivity index (χ0) is 16.6. The van der Waals surface area contributed by atoms with Crippen molar-refractivity contribution in [2.24, 2.45) is 0 Å². The van der Waals surface area contributed by atoms with Crippen LogP contribution in [0.5, 0.6) is 0 Å². The van der Waals surface area contributed by atoms with Gasteiger partial charge in [-0.2, -0.15) is 0 Å². The van der Waals surface area contributed by atoms with Gasteiger partial charge in [0.1, 0.15) is 0 Å². The van der Waals surface area contributed by atoms with Crippen LogP contribution in [0, 0.1) is 0 Å². The van der Waals surface area contributed by atoms with E-state index in [0.29, 0.717) is 24.5 Å². The first kappa shape index (κ1) is 18.4. The SMILES string of the molecule is CCCCC1(CCCCCS(=O)(=O)c2ccccc2)OCCO1. The largest absolute Gasteiger partial charge is 0.348 e. The molecule has 1 aliphatic heterocycles. The second kappa shape index (κ2) is 8.81. The molecule has 2 rings (SSSR count). The topological polar surface area (TPSA) is 52.6 Å². The van der Waals surface area contributed by atoms with Gasteiger partial charge in [-0.1, -0.05) is 38.0 Å². The van der Waals surface area contributed by atoms with Crippen molar-refractivity contribution in [3.8, 4) is 0 Å². The Labute approximate surface area is 140 Å². The molecule has 1 fully saturated rings. The Morgan fingerprint density at radius 3 is 2.26 bits per heavy atom. The van der Waals surface area contributed by atoms with Crippen molar-refractivity contribution >= 4 is 9.84 Å². The van der Waals surface area contributed by atoms with Crippen molar-refractivity contribution in [3.63, 3.8) is 0 Å². The maximum absolute atomic E-state index is 12.2. The molecule has 0 atom stereocenters. The summed E-state index contributed by atoms with van der Waals surface area (Å²) in [5.41, 5.74) is 0. The van der Waals surface area contributed by atoms with E-state index in [2.05, 4.69) is 6.92 Å². The molecular weight excluding hydrogens is 312 g/mol. The normalized spacial score (nSPS) is 17.4. The van der Waals surface area contributed by atoms with Gasteiger partial charge in [0.25, 0.3) is 0 Å². The van der Waals surface area contributed by atoms with Crippen molar-refractivity contribution in [1.29, 1.82) is 0 Å².